The number of hydrogen-bond donors (Lipinski definition) is 1. The molecule has 1 aliphatic rings. The highest BCUT2D eigenvalue weighted by molar-refractivity contribution is 5.45. The summed E-state index contributed by atoms with van der Waals surface area (Å²) in [7, 11) is 0. The molecule has 0 heterocycles. The Morgan fingerprint density at radius 2 is 2.45 bits per heavy atom. The van der Waals surface area contributed by atoms with Gasteiger partial charge >= 0.3 is 0 Å². The molecule has 0 amide bonds. The maximum Gasteiger partial charge on any atom is 0.120 e. The fourth-order valence-corrected chi connectivity index (χ4v) is 1.74. The van der Waals surface area contributed by atoms with Crippen molar-refractivity contribution in [2.75, 3.05) is 6.54 Å². The van der Waals surface area contributed by atoms with Crippen LogP contribution in [0, 0.1) is 5.92 Å². The van der Waals surface area contributed by atoms with E-state index in [4.69, 9.17) is 0 Å². The molecule has 0 radical (unpaired) electrons. The molecule has 2 unspecified atom stereocenters. The zero-order chi connectivity index (χ0) is 8.10. The summed E-state index contributed by atoms with van der Waals surface area (Å²) in [6, 6.07) is 0.634. The molecule has 0 aromatic heterocycles. The fraction of sp³-hybridized carbons (Fsp3) is 0.778. The standard InChI is InChI=1S/C9H15NO/c1-2-10-9-4-3-8(7-9)5-6-11/h5,8-10H,2-4,7H2,1H3. The van der Waals surface area contributed by atoms with Crippen LogP contribution in [-0.2, 0) is 4.79 Å². The lowest BCUT2D eigenvalue weighted by molar-refractivity contribution is 0.528. The van der Waals surface area contributed by atoms with Crippen LogP contribution in [0.4, 0.5) is 0 Å². The first-order valence-corrected chi connectivity index (χ1v) is 4.31. The highest BCUT2D eigenvalue weighted by Crippen LogP contribution is 2.25. The van der Waals surface area contributed by atoms with Gasteiger partial charge in [-0.15, -0.1) is 0 Å². The minimum atomic E-state index is 0.483. The summed E-state index contributed by atoms with van der Waals surface area (Å²) < 4.78 is 0. The van der Waals surface area contributed by atoms with Crippen LogP contribution in [0.25, 0.3) is 0 Å². The first-order chi connectivity index (χ1) is 5.36. The Labute approximate surface area is 67.7 Å². The first kappa shape index (κ1) is 8.51. The van der Waals surface area contributed by atoms with E-state index in [9.17, 15) is 4.79 Å². The summed E-state index contributed by atoms with van der Waals surface area (Å²) in [6.07, 6.45) is 5.13. The van der Waals surface area contributed by atoms with Gasteiger partial charge in [0, 0.05) is 12.1 Å². The van der Waals surface area contributed by atoms with Gasteiger partial charge in [0.2, 0.25) is 0 Å². The summed E-state index contributed by atoms with van der Waals surface area (Å²) in [5.41, 5.74) is 0. The van der Waals surface area contributed by atoms with Crippen molar-refractivity contribution in [3.63, 3.8) is 0 Å². The molecule has 1 saturated carbocycles. The number of carbonyl (C=O) groups excluding carboxylic acids is 1. The summed E-state index contributed by atoms with van der Waals surface area (Å²) >= 11 is 0. The van der Waals surface area contributed by atoms with Gasteiger partial charge in [0.25, 0.3) is 0 Å². The lowest BCUT2D eigenvalue weighted by Gasteiger charge is -2.08. The van der Waals surface area contributed by atoms with E-state index in [0.29, 0.717) is 12.0 Å². The average Bonchev–Trinajstić information content (AvgIpc) is 2.38. The van der Waals surface area contributed by atoms with Crippen molar-refractivity contribution in [1.82, 2.24) is 5.32 Å². The average molecular weight is 153 g/mol. The minimum Gasteiger partial charge on any atom is -0.314 e. The van der Waals surface area contributed by atoms with Crippen LogP contribution in [0.5, 0.6) is 0 Å². The second-order valence-corrected chi connectivity index (χ2v) is 3.11. The number of rotatable bonds is 3. The van der Waals surface area contributed by atoms with Crippen LogP contribution in [0.1, 0.15) is 26.2 Å². The molecular formula is C9H15NO. The Bertz CT molecular complexity index is 161. The predicted molar refractivity (Wildman–Crippen MR) is 45.1 cm³/mol. The van der Waals surface area contributed by atoms with Gasteiger partial charge in [0.05, 0.1) is 0 Å². The monoisotopic (exact) mass is 153 g/mol. The van der Waals surface area contributed by atoms with E-state index in [-0.39, 0.29) is 0 Å². The van der Waals surface area contributed by atoms with Gasteiger partial charge in [-0.25, -0.2) is 4.79 Å². The van der Waals surface area contributed by atoms with Crippen LogP contribution in [0.3, 0.4) is 0 Å². The molecule has 0 aromatic carbocycles. The van der Waals surface area contributed by atoms with E-state index in [1.807, 2.05) is 5.94 Å². The molecule has 2 heteroatoms. The number of hydrogen-bond acceptors (Lipinski definition) is 2. The molecule has 0 aliphatic heterocycles. The van der Waals surface area contributed by atoms with Crippen LogP contribution in [-0.4, -0.2) is 18.5 Å². The van der Waals surface area contributed by atoms with Crippen molar-refractivity contribution in [2.24, 2.45) is 5.92 Å². The van der Waals surface area contributed by atoms with Crippen LogP contribution in [0.15, 0.2) is 6.08 Å². The highest BCUT2D eigenvalue weighted by atomic mass is 16.1. The van der Waals surface area contributed by atoms with Gasteiger partial charge in [-0.1, -0.05) is 6.92 Å². The van der Waals surface area contributed by atoms with E-state index in [2.05, 4.69) is 12.2 Å². The van der Waals surface area contributed by atoms with Crippen molar-refractivity contribution in [1.29, 1.82) is 0 Å². The van der Waals surface area contributed by atoms with Gasteiger partial charge in [-0.3, -0.25) is 0 Å². The summed E-state index contributed by atoms with van der Waals surface area (Å²) in [5.74, 6) is 2.35. The van der Waals surface area contributed by atoms with Gasteiger partial charge in [-0.05, 0) is 31.7 Å². The van der Waals surface area contributed by atoms with Crippen LogP contribution in [0.2, 0.25) is 0 Å². The maximum absolute atomic E-state index is 10.0. The molecule has 0 aromatic rings. The lowest BCUT2D eigenvalue weighted by atomic mass is 10.1. The third-order valence-electron chi connectivity index (χ3n) is 2.27. The molecule has 2 nitrogen and oxygen atoms in total. The predicted octanol–water partition coefficient (Wildman–Crippen LogP) is 1.15. The van der Waals surface area contributed by atoms with E-state index >= 15 is 0 Å². The van der Waals surface area contributed by atoms with E-state index in [0.717, 1.165) is 19.4 Å². The van der Waals surface area contributed by atoms with E-state index in [1.165, 1.54) is 6.42 Å². The maximum atomic E-state index is 10.0. The third-order valence-corrected chi connectivity index (χ3v) is 2.27. The summed E-state index contributed by atoms with van der Waals surface area (Å²) in [6.45, 7) is 3.14. The molecule has 1 fully saturated rings. The fourth-order valence-electron chi connectivity index (χ4n) is 1.74. The molecule has 0 spiro atoms. The quantitative estimate of drug-likeness (QED) is 0.616. The van der Waals surface area contributed by atoms with Crippen molar-refractivity contribution in [3.05, 3.63) is 6.08 Å². The van der Waals surface area contributed by atoms with E-state index in [1.54, 1.807) is 6.08 Å². The molecule has 0 saturated heterocycles. The zero-order valence-electron chi connectivity index (χ0n) is 6.97. The van der Waals surface area contributed by atoms with Crippen molar-refractivity contribution < 1.29 is 4.79 Å². The minimum absolute atomic E-state index is 0.483. The Hall–Kier alpha value is -0.590. The molecule has 1 aliphatic carbocycles. The van der Waals surface area contributed by atoms with Crippen LogP contribution < -0.4 is 5.32 Å². The second kappa shape index (κ2) is 4.32. The smallest absolute Gasteiger partial charge is 0.120 e. The molecular weight excluding hydrogens is 138 g/mol. The Kier molecular flexibility index (Phi) is 3.34. The Morgan fingerprint density at radius 3 is 3.09 bits per heavy atom. The molecule has 62 valence electrons. The van der Waals surface area contributed by atoms with E-state index < -0.39 is 0 Å². The largest absolute Gasteiger partial charge is 0.314 e. The van der Waals surface area contributed by atoms with Gasteiger partial charge in [-0.2, -0.15) is 0 Å². The second-order valence-electron chi connectivity index (χ2n) is 3.11. The van der Waals surface area contributed by atoms with Crippen molar-refractivity contribution in [2.45, 2.75) is 32.2 Å². The Morgan fingerprint density at radius 1 is 1.64 bits per heavy atom. The number of nitrogens with one attached hydrogen (secondary N) is 1. The van der Waals surface area contributed by atoms with Gasteiger partial charge in [0.15, 0.2) is 0 Å². The SMILES string of the molecule is CCNC1CCC(C=C=O)C1. The molecule has 0 bridgehead atoms. The molecule has 1 rings (SSSR count). The van der Waals surface area contributed by atoms with Crippen molar-refractivity contribution >= 4 is 5.94 Å². The summed E-state index contributed by atoms with van der Waals surface area (Å²) in [4.78, 5) is 10.0. The first-order valence-electron chi connectivity index (χ1n) is 4.31. The molecule has 11 heavy (non-hydrogen) atoms. The molecule has 2 atom stereocenters. The van der Waals surface area contributed by atoms with Gasteiger partial charge < -0.3 is 5.32 Å². The third kappa shape index (κ3) is 2.49. The Balaban J connectivity index is 2.28. The zero-order valence-corrected chi connectivity index (χ0v) is 6.97. The van der Waals surface area contributed by atoms with Gasteiger partial charge in [0.1, 0.15) is 5.94 Å². The summed E-state index contributed by atoms with van der Waals surface area (Å²) in [5, 5.41) is 3.38. The number of allylic oxidation sites excluding steroid dienone is 1. The van der Waals surface area contributed by atoms with Crippen molar-refractivity contribution in [3.8, 4) is 0 Å². The highest BCUT2D eigenvalue weighted by Gasteiger charge is 2.21. The lowest BCUT2D eigenvalue weighted by Crippen LogP contribution is -2.25. The topological polar surface area (TPSA) is 29.1 Å². The van der Waals surface area contributed by atoms with Crippen LogP contribution >= 0.6 is 0 Å². The normalized spacial score (nSPS) is 29.9. The molecule has 1 N–H and O–H groups in total.